The number of carbonyl (C=O) groups is 1. The molecule has 4 atom stereocenters. The molecule has 2 N–H and O–H groups in total. The van der Waals surface area contributed by atoms with Gasteiger partial charge in [0.15, 0.2) is 0 Å². The van der Waals surface area contributed by atoms with Crippen molar-refractivity contribution < 1.29 is 23.4 Å². The summed E-state index contributed by atoms with van der Waals surface area (Å²) in [5.41, 5.74) is 0.541. The van der Waals surface area contributed by atoms with Crippen molar-refractivity contribution in [1.29, 1.82) is 0 Å². The van der Waals surface area contributed by atoms with E-state index < -0.39 is 32.0 Å². The normalized spacial score (nSPS) is 22.5. The van der Waals surface area contributed by atoms with E-state index in [2.05, 4.69) is 15.0 Å². The number of fused-ring (bicyclic) bond motifs is 1. The lowest BCUT2D eigenvalue weighted by molar-refractivity contribution is -0.0607. The summed E-state index contributed by atoms with van der Waals surface area (Å²) >= 11 is 0. The van der Waals surface area contributed by atoms with Gasteiger partial charge in [0.2, 0.25) is 0 Å². The molecular weight excluding hydrogens is 411 g/mol. The first-order valence-corrected chi connectivity index (χ1v) is 11.2. The van der Waals surface area contributed by atoms with Crippen LogP contribution in [0.1, 0.15) is 52.6 Å². The van der Waals surface area contributed by atoms with E-state index in [1.165, 1.54) is 11.2 Å². The molecule has 1 aliphatic heterocycles. The first kappa shape index (κ1) is 22.4. The van der Waals surface area contributed by atoms with Gasteiger partial charge in [0, 0.05) is 17.7 Å². The largest absolute Gasteiger partial charge is 0.537 e. The molecule has 2 aromatic rings. The molecule has 3 rings (SSSR count). The second-order valence-electron chi connectivity index (χ2n) is 8.25. The van der Waals surface area contributed by atoms with E-state index in [-0.39, 0.29) is 17.8 Å². The monoisotopic (exact) mass is 439 g/mol. The van der Waals surface area contributed by atoms with Crippen LogP contribution >= 0.6 is 8.03 Å². The Morgan fingerprint density at radius 3 is 2.77 bits per heavy atom. The SMILES string of the molecule is CCO[P+](=O)CO[C@@H]1[C@@H](C)C[C@H](c2c[nH]c3c(=O)[nH]cnc23)N1C(=O)OC(C)(C)C. The van der Waals surface area contributed by atoms with Gasteiger partial charge >= 0.3 is 14.1 Å². The molecule has 164 valence electrons. The van der Waals surface area contributed by atoms with Crippen LogP contribution in [0.15, 0.2) is 17.3 Å². The number of rotatable bonds is 6. The van der Waals surface area contributed by atoms with Crippen molar-refractivity contribution in [2.45, 2.75) is 58.9 Å². The van der Waals surface area contributed by atoms with Crippen LogP contribution in [0.2, 0.25) is 0 Å². The van der Waals surface area contributed by atoms with Crippen LogP contribution in [0, 0.1) is 5.92 Å². The zero-order valence-electron chi connectivity index (χ0n) is 17.8. The first-order valence-electron chi connectivity index (χ1n) is 9.87. The van der Waals surface area contributed by atoms with Gasteiger partial charge in [-0.1, -0.05) is 6.92 Å². The Bertz CT molecular complexity index is 981. The second kappa shape index (κ2) is 8.83. The molecule has 10 nitrogen and oxygen atoms in total. The minimum absolute atomic E-state index is 0.0699. The van der Waals surface area contributed by atoms with Crippen molar-refractivity contribution in [1.82, 2.24) is 19.9 Å². The zero-order valence-corrected chi connectivity index (χ0v) is 18.7. The van der Waals surface area contributed by atoms with Crippen molar-refractivity contribution in [3.05, 3.63) is 28.4 Å². The highest BCUT2D eigenvalue weighted by Gasteiger charge is 2.47. The van der Waals surface area contributed by atoms with Crippen LogP contribution in [-0.4, -0.2) is 50.7 Å². The highest BCUT2D eigenvalue weighted by atomic mass is 31.1. The lowest BCUT2D eigenvalue weighted by Gasteiger charge is -2.32. The lowest BCUT2D eigenvalue weighted by Crippen LogP contribution is -2.43. The van der Waals surface area contributed by atoms with Crippen LogP contribution < -0.4 is 5.56 Å². The van der Waals surface area contributed by atoms with Crippen LogP contribution in [-0.2, 0) is 18.6 Å². The molecule has 0 radical (unpaired) electrons. The molecule has 1 aliphatic rings. The average molecular weight is 439 g/mol. The zero-order chi connectivity index (χ0) is 22.1. The smallest absolute Gasteiger partial charge is 0.444 e. The van der Waals surface area contributed by atoms with Gasteiger partial charge in [-0.25, -0.2) is 9.78 Å². The summed E-state index contributed by atoms with van der Waals surface area (Å²) in [4.78, 5) is 36.5. The number of nitrogens with one attached hydrogen (secondary N) is 2. The minimum Gasteiger partial charge on any atom is -0.444 e. The van der Waals surface area contributed by atoms with Gasteiger partial charge in [0.1, 0.15) is 22.9 Å². The maximum Gasteiger partial charge on any atom is 0.537 e. The number of likely N-dealkylation sites (tertiary alicyclic amines) is 1. The Balaban J connectivity index is 1.96. The maximum absolute atomic E-state index is 13.1. The summed E-state index contributed by atoms with van der Waals surface area (Å²) in [6.45, 7) is 9.37. The number of hydrogen-bond acceptors (Lipinski definition) is 7. The van der Waals surface area contributed by atoms with E-state index in [9.17, 15) is 14.2 Å². The molecule has 0 spiro atoms. The van der Waals surface area contributed by atoms with Gasteiger partial charge in [0.05, 0.1) is 19.0 Å². The Morgan fingerprint density at radius 1 is 1.37 bits per heavy atom. The third kappa shape index (κ3) is 4.71. The number of aromatic nitrogens is 3. The van der Waals surface area contributed by atoms with Gasteiger partial charge in [-0.15, -0.1) is 4.52 Å². The number of aromatic amines is 2. The molecule has 1 saturated heterocycles. The number of nitrogens with zero attached hydrogens (tertiary/aromatic N) is 2. The van der Waals surface area contributed by atoms with Crippen molar-refractivity contribution in [3.8, 4) is 0 Å². The quantitative estimate of drug-likeness (QED) is 0.658. The summed E-state index contributed by atoms with van der Waals surface area (Å²) in [6.07, 6.45) is 2.25. The summed E-state index contributed by atoms with van der Waals surface area (Å²) in [6, 6.07) is -0.423. The number of ether oxygens (including phenoxy) is 2. The van der Waals surface area contributed by atoms with E-state index in [1.54, 1.807) is 33.9 Å². The molecule has 0 aliphatic carbocycles. The average Bonchev–Trinajstić information content (AvgIpc) is 3.20. The number of carbonyl (C=O) groups excluding carboxylic acids is 1. The minimum atomic E-state index is -1.99. The fraction of sp³-hybridized carbons (Fsp3) is 0.632. The molecule has 1 unspecified atom stereocenters. The molecule has 11 heteroatoms. The lowest BCUT2D eigenvalue weighted by atomic mass is 10.0. The van der Waals surface area contributed by atoms with Crippen molar-refractivity contribution in [2.75, 3.05) is 13.0 Å². The molecule has 30 heavy (non-hydrogen) atoms. The van der Waals surface area contributed by atoms with Crippen molar-refractivity contribution in [2.24, 2.45) is 5.92 Å². The van der Waals surface area contributed by atoms with E-state index in [0.29, 0.717) is 29.6 Å². The van der Waals surface area contributed by atoms with Gasteiger partial charge in [-0.05, 0) is 38.7 Å². The Hall–Kier alpha value is -2.29. The number of H-pyrrole nitrogens is 2. The van der Waals surface area contributed by atoms with Crippen LogP contribution in [0.25, 0.3) is 11.0 Å². The summed E-state index contributed by atoms with van der Waals surface area (Å²) < 4.78 is 28.5. The third-order valence-electron chi connectivity index (χ3n) is 4.78. The highest BCUT2D eigenvalue weighted by Crippen LogP contribution is 2.43. The summed E-state index contributed by atoms with van der Waals surface area (Å²) in [5, 5.41) is 0. The molecule has 2 aromatic heterocycles. The molecule has 3 heterocycles. The maximum atomic E-state index is 13.1. The van der Waals surface area contributed by atoms with Gasteiger partial charge in [-0.3, -0.25) is 9.69 Å². The number of hydrogen-bond donors (Lipinski definition) is 2. The number of amides is 1. The van der Waals surface area contributed by atoms with Crippen LogP contribution in [0.5, 0.6) is 0 Å². The van der Waals surface area contributed by atoms with Gasteiger partial charge in [0.25, 0.3) is 11.9 Å². The molecule has 0 aromatic carbocycles. The standard InChI is InChI=1S/C19H27N4O6P/c1-6-28-30(26)10-27-17-11(2)7-13(23(17)18(25)29-19(3,4)5)12-8-20-15-14(12)21-9-22-16(15)24/h8-9,11,13,17H,6-7,10H2,1-5H3,(H-,20,21,22,24)/p+1/t11-,13+,17+/m0/s1. The predicted molar refractivity (Wildman–Crippen MR) is 110 cm³/mol. The Morgan fingerprint density at radius 2 is 2.10 bits per heavy atom. The molecular formula is C19H28N4O6P+. The van der Waals surface area contributed by atoms with Crippen molar-refractivity contribution in [3.63, 3.8) is 0 Å². The van der Waals surface area contributed by atoms with E-state index in [1.807, 2.05) is 6.92 Å². The van der Waals surface area contributed by atoms with E-state index in [0.717, 1.165) is 0 Å². The molecule has 1 fully saturated rings. The summed E-state index contributed by atoms with van der Waals surface area (Å²) in [5.74, 6) is -0.0699. The Labute approximate surface area is 175 Å². The van der Waals surface area contributed by atoms with Crippen molar-refractivity contribution >= 4 is 25.2 Å². The van der Waals surface area contributed by atoms with Gasteiger partial charge < -0.3 is 19.4 Å². The predicted octanol–water partition coefficient (Wildman–Crippen LogP) is 3.65. The van der Waals surface area contributed by atoms with Gasteiger partial charge in [-0.2, -0.15) is 0 Å². The molecule has 0 bridgehead atoms. The summed E-state index contributed by atoms with van der Waals surface area (Å²) in [7, 11) is -1.99. The second-order valence-corrected chi connectivity index (χ2v) is 9.43. The Kier molecular flexibility index (Phi) is 6.59. The van der Waals surface area contributed by atoms with Crippen LogP contribution in [0.4, 0.5) is 4.79 Å². The van der Waals surface area contributed by atoms with E-state index >= 15 is 0 Å². The molecule has 1 amide bonds. The highest BCUT2D eigenvalue weighted by molar-refractivity contribution is 7.38. The molecule has 0 saturated carbocycles. The topological polar surface area (TPSA) is 127 Å². The fourth-order valence-corrected chi connectivity index (χ4v) is 4.28. The fourth-order valence-electron chi connectivity index (χ4n) is 3.64. The van der Waals surface area contributed by atoms with Crippen LogP contribution in [0.3, 0.4) is 0 Å². The first-order chi connectivity index (χ1) is 14.1. The van der Waals surface area contributed by atoms with E-state index in [4.69, 9.17) is 14.0 Å². The third-order valence-corrected chi connectivity index (χ3v) is 5.68.